The molecule has 0 aromatic heterocycles. The Labute approximate surface area is 122 Å². The minimum absolute atomic E-state index is 0.355. The van der Waals surface area contributed by atoms with E-state index in [9.17, 15) is 0 Å². The second-order valence-electron chi connectivity index (χ2n) is 7.28. The van der Waals surface area contributed by atoms with Crippen LogP contribution in [0.4, 0.5) is 0 Å². The third kappa shape index (κ3) is 4.20. The molecule has 0 saturated carbocycles. The molecule has 0 bridgehead atoms. The van der Waals surface area contributed by atoms with Gasteiger partial charge in [0, 0.05) is 0 Å². The molecule has 0 heterocycles. The van der Waals surface area contributed by atoms with Gasteiger partial charge in [0.25, 0.3) is 0 Å². The predicted molar refractivity (Wildman–Crippen MR) is 91.5 cm³/mol. The zero-order chi connectivity index (χ0) is 14.0. The van der Waals surface area contributed by atoms with Crippen LogP contribution in [0.25, 0.3) is 0 Å². The topological polar surface area (TPSA) is 0 Å². The molecule has 0 fully saturated rings. The van der Waals surface area contributed by atoms with E-state index in [0.29, 0.717) is 5.16 Å². The van der Waals surface area contributed by atoms with E-state index in [1.807, 2.05) is 0 Å². The second kappa shape index (κ2) is 5.79. The molecule has 1 unspecified atom stereocenters. The zero-order valence-corrected chi connectivity index (χ0v) is 16.3. The number of hydrogen-bond donors (Lipinski definition) is 0. The summed E-state index contributed by atoms with van der Waals surface area (Å²) >= 11 is 3.65. The van der Waals surface area contributed by atoms with Crippen LogP contribution in [0.15, 0.2) is 30.3 Å². The van der Waals surface area contributed by atoms with Crippen LogP contribution in [0, 0.1) is 0 Å². The SMILES string of the molecule is CC(C)(C)P(=[Se])(CC[Si](C)(C)C)c1ccccc1. The van der Waals surface area contributed by atoms with Crippen molar-refractivity contribution in [2.75, 3.05) is 6.16 Å². The monoisotopic (exact) mass is 346 g/mol. The molecule has 1 aromatic rings. The number of benzene rings is 1. The van der Waals surface area contributed by atoms with E-state index >= 15 is 0 Å². The van der Waals surface area contributed by atoms with E-state index in [0.717, 1.165) is 0 Å². The average molecular weight is 345 g/mol. The molecule has 0 radical (unpaired) electrons. The van der Waals surface area contributed by atoms with Gasteiger partial charge >= 0.3 is 122 Å². The molecule has 0 amide bonds. The van der Waals surface area contributed by atoms with Crippen molar-refractivity contribution in [3.8, 4) is 0 Å². The molecule has 0 aliphatic rings. The molecule has 1 rings (SSSR count). The van der Waals surface area contributed by atoms with Crippen molar-refractivity contribution < 1.29 is 0 Å². The van der Waals surface area contributed by atoms with E-state index in [2.05, 4.69) is 85.8 Å². The maximum absolute atomic E-state index is 3.65. The van der Waals surface area contributed by atoms with Crippen LogP contribution in [-0.4, -0.2) is 34.5 Å². The molecule has 0 N–H and O–H groups in total. The van der Waals surface area contributed by atoms with E-state index in [4.69, 9.17) is 0 Å². The summed E-state index contributed by atoms with van der Waals surface area (Å²) in [7, 11) is -0.971. The molecular weight excluding hydrogens is 318 g/mol. The van der Waals surface area contributed by atoms with E-state index in [1.54, 1.807) is 5.30 Å². The molecule has 0 spiro atoms. The summed E-state index contributed by atoms with van der Waals surface area (Å²) in [6.45, 7) is 14.6. The van der Waals surface area contributed by atoms with Gasteiger partial charge < -0.3 is 0 Å². The van der Waals surface area contributed by atoms with Crippen molar-refractivity contribution in [3.63, 3.8) is 0 Å². The Hall–Kier alpha value is 0.386. The third-order valence-corrected chi connectivity index (χ3v) is 15.7. The predicted octanol–water partition coefficient (Wildman–Crippen LogP) is 4.55. The van der Waals surface area contributed by atoms with Crippen molar-refractivity contribution in [3.05, 3.63) is 30.3 Å². The van der Waals surface area contributed by atoms with Gasteiger partial charge in [0.2, 0.25) is 0 Å². The molecular formula is C15H27PSeSi. The van der Waals surface area contributed by atoms with Gasteiger partial charge in [-0.05, 0) is 0 Å². The molecule has 0 aliphatic carbocycles. The van der Waals surface area contributed by atoms with Crippen LogP contribution in [0.3, 0.4) is 0 Å². The molecule has 1 aromatic carbocycles. The molecule has 1 atom stereocenters. The Morgan fingerprint density at radius 3 is 1.94 bits per heavy atom. The summed E-state index contributed by atoms with van der Waals surface area (Å²) in [4.78, 5) is 0. The van der Waals surface area contributed by atoms with Gasteiger partial charge in [0.15, 0.2) is 0 Å². The first-order valence-electron chi connectivity index (χ1n) is 6.71. The van der Waals surface area contributed by atoms with Gasteiger partial charge in [0.1, 0.15) is 0 Å². The van der Waals surface area contributed by atoms with Gasteiger partial charge in [-0.15, -0.1) is 0 Å². The summed E-state index contributed by atoms with van der Waals surface area (Å²) in [6.07, 6.45) is 1.36. The van der Waals surface area contributed by atoms with Gasteiger partial charge in [0.05, 0.1) is 0 Å². The van der Waals surface area contributed by atoms with Gasteiger partial charge in [-0.25, -0.2) is 0 Å². The Bertz CT molecular complexity index is 426. The fraction of sp³-hybridized carbons (Fsp3) is 0.600. The van der Waals surface area contributed by atoms with Crippen LogP contribution in [0.5, 0.6) is 0 Å². The summed E-state index contributed by atoms with van der Waals surface area (Å²) in [5.74, 6) is 0. The van der Waals surface area contributed by atoms with Gasteiger partial charge in [-0.1, -0.05) is 0 Å². The van der Waals surface area contributed by atoms with E-state index in [1.165, 1.54) is 12.2 Å². The van der Waals surface area contributed by atoms with Crippen LogP contribution >= 0.6 is 5.51 Å². The second-order valence-corrected chi connectivity index (χ2v) is 20.6. The Kier molecular flexibility index (Phi) is 5.29. The van der Waals surface area contributed by atoms with Crippen LogP contribution in [0.2, 0.25) is 25.7 Å². The molecule has 18 heavy (non-hydrogen) atoms. The normalized spacial score (nSPS) is 16.3. The van der Waals surface area contributed by atoms with Crippen molar-refractivity contribution in [1.82, 2.24) is 0 Å². The zero-order valence-electron chi connectivity index (χ0n) is 12.7. The first-order chi connectivity index (χ1) is 8.06. The number of rotatable bonds is 4. The van der Waals surface area contributed by atoms with Crippen LogP contribution < -0.4 is 5.30 Å². The van der Waals surface area contributed by atoms with Crippen molar-refractivity contribution in [2.24, 2.45) is 0 Å². The Morgan fingerprint density at radius 2 is 1.56 bits per heavy atom. The minimum atomic E-state index is -1.19. The average Bonchev–Trinajstić information content (AvgIpc) is 2.24. The van der Waals surface area contributed by atoms with Crippen molar-refractivity contribution >= 4 is 34.0 Å². The fourth-order valence-corrected chi connectivity index (χ4v) is 10.8. The van der Waals surface area contributed by atoms with Crippen LogP contribution in [-0.2, 0) is 0 Å². The summed E-state index contributed by atoms with van der Waals surface area (Å²) < 4.78 is 0. The maximum atomic E-state index is 3.65. The molecule has 3 heteroatoms. The van der Waals surface area contributed by atoms with E-state index < -0.39 is 13.6 Å². The van der Waals surface area contributed by atoms with Crippen LogP contribution in [0.1, 0.15) is 20.8 Å². The quantitative estimate of drug-likeness (QED) is 0.555. The summed E-state index contributed by atoms with van der Waals surface area (Å²) in [5, 5.41) is 1.91. The number of hydrogen-bond acceptors (Lipinski definition) is 0. The first kappa shape index (κ1) is 16.4. The molecule has 0 saturated heterocycles. The molecule has 0 aliphatic heterocycles. The van der Waals surface area contributed by atoms with Gasteiger partial charge in [-0.2, -0.15) is 0 Å². The Balaban J connectivity index is 3.10. The van der Waals surface area contributed by atoms with Crippen molar-refractivity contribution in [2.45, 2.75) is 51.6 Å². The fourth-order valence-electron chi connectivity index (χ4n) is 2.01. The summed E-state index contributed by atoms with van der Waals surface area (Å²) in [6, 6.07) is 12.5. The Morgan fingerprint density at radius 1 is 1.06 bits per heavy atom. The van der Waals surface area contributed by atoms with Crippen molar-refractivity contribution in [1.29, 1.82) is 0 Å². The molecule has 0 nitrogen and oxygen atoms in total. The van der Waals surface area contributed by atoms with E-state index in [-0.39, 0.29) is 0 Å². The third-order valence-electron chi connectivity index (χ3n) is 3.43. The van der Waals surface area contributed by atoms with Gasteiger partial charge in [-0.3, -0.25) is 0 Å². The summed E-state index contributed by atoms with van der Waals surface area (Å²) in [5.41, 5.74) is -1.19. The standard InChI is InChI=1S/C15H27PSeSi/c1-15(2,3)16(17,12-13-18(4,5)6)14-10-8-7-9-11-14/h7-11H,12-13H2,1-6H3. The molecule has 102 valence electrons. The first-order valence-corrected chi connectivity index (χ1v) is 14.6.